The third kappa shape index (κ3) is 57.4. The average Bonchev–Trinajstić information content (AvgIpc) is 3.37. The average molecular weight is 990 g/mol. The van der Waals surface area contributed by atoms with Gasteiger partial charge < -0.3 is 14.2 Å². The number of unbranched alkanes of at least 4 members (excludes halogenated alkanes) is 30. The standard InChI is InChI=1S/C65H112O6/c1-4-7-10-13-16-19-22-25-28-30-31-32-33-34-35-38-40-43-46-49-52-55-58-64(67)70-61-62(60-69-63(66)57-54-51-48-45-42-39-36-27-24-21-18-15-12-9-6-3)71-65(68)59-56-53-50-47-44-41-37-29-26-23-20-17-14-11-8-5-2/h9,12,18,20-21,23,27,29,36-37,42,45,51,54,62H,4-8,10-11,13-17,19,22,24-26,28,30-35,38-41,43-44,46-50,52-53,55-61H2,1-3H3/b12-9-,21-18-,23-20-,36-27-,37-29-,45-42-,54-51-. The second-order valence-corrected chi connectivity index (χ2v) is 19.9. The molecule has 71 heavy (non-hydrogen) atoms. The van der Waals surface area contributed by atoms with Gasteiger partial charge >= 0.3 is 17.9 Å². The van der Waals surface area contributed by atoms with Crippen LogP contribution in [0.2, 0.25) is 0 Å². The van der Waals surface area contributed by atoms with Crippen LogP contribution < -0.4 is 0 Å². The first kappa shape index (κ1) is 67.6. The fourth-order valence-electron chi connectivity index (χ4n) is 8.43. The van der Waals surface area contributed by atoms with Crippen molar-refractivity contribution in [3.8, 4) is 0 Å². The van der Waals surface area contributed by atoms with Crippen molar-refractivity contribution >= 4 is 17.9 Å². The Kier molecular flexibility index (Phi) is 56.3. The molecule has 6 nitrogen and oxygen atoms in total. The maximum atomic E-state index is 12.9. The van der Waals surface area contributed by atoms with E-state index in [4.69, 9.17) is 14.2 Å². The highest BCUT2D eigenvalue weighted by Gasteiger charge is 2.19. The summed E-state index contributed by atoms with van der Waals surface area (Å²) in [7, 11) is 0. The predicted molar refractivity (Wildman–Crippen MR) is 307 cm³/mol. The molecule has 1 atom stereocenters. The Morgan fingerprint density at radius 1 is 0.310 bits per heavy atom. The van der Waals surface area contributed by atoms with Crippen molar-refractivity contribution in [3.63, 3.8) is 0 Å². The first-order valence-electron chi connectivity index (χ1n) is 30.1. The van der Waals surface area contributed by atoms with E-state index in [-0.39, 0.29) is 31.6 Å². The number of hydrogen-bond donors (Lipinski definition) is 0. The van der Waals surface area contributed by atoms with Gasteiger partial charge in [0.2, 0.25) is 0 Å². The molecular formula is C65H112O6. The van der Waals surface area contributed by atoms with E-state index < -0.39 is 12.1 Å². The number of ether oxygens (including phenoxy) is 3. The second kappa shape index (κ2) is 59.2. The third-order valence-corrected chi connectivity index (χ3v) is 12.9. The summed E-state index contributed by atoms with van der Waals surface area (Å²) >= 11 is 0. The molecule has 408 valence electrons. The van der Waals surface area contributed by atoms with Crippen molar-refractivity contribution in [1.82, 2.24) is 0 Å². The van der Waals surface area contributed by atoms with Crippen LogP contribution in [-0.2, 0) is 28.6 Å². The lowest BCUT2D eigenvalue weighted by Crippen LogP contribution is -2.30. The molecule has 1 unspecified atom stereocenters. The van der Waals surface area contributed by atoms with Crippen LogP contribution >= 0.6 is 0 Å². The molecule has 0 N–H and O–H groups in total. The number of carbonyl (C=O) groups excluding carboxylic acids is 3. The normalized spacial score (nSPS) is 12.7. The predicted octanol–water partition coefficient (Wildman–Crippen LogP) is 20.3. The van der Waals surface area contributed by atoms with Gasteiger partial charge in [0.1, 0.15) is 13.2 Å². The van der Waals surface area contributed by atoms with Gasteiger partial charge in [0.05, 0.1) is 6.42 Å². The molecule has 0 saturated carbocycles. The van der Waals surface area contributed by atoms with E-state index in [1.807, 2.05) is 6.08 Å². The molecule has 0 bridgehead atoms. The lowest BCUT2D eigenvalue weighted by Gasteiger charge is -2.18. The van der Waals surface area contributed by atoms with E-state index in [1.54, 1.807) is 6.08 Å². The van der Waals surface area contributed by atoms with Gasteiger partial charge in [0.15, 0.2) is 6.10 Å². The lowest BCUT2D eigenvalue weighted by atomic mass is 10.0. The number of allylic oxidation sites excluding steroid dienone is 13. The van der Waals surface area contributed by atoms with Gasteiger partial charge in [-0.25, -0.2) is 0 Å². The van der Waals surface area contributed by atoms with E-state index in [2.05, 4.69) is 93.7 Å². The molecule has 0 rings (SSSR count). The molecule has 0 heterocycles. The number of esters is 3. The van der Waals surface area contributed by atoms with Crippen LogP contribution in [0.15, 0.2) is 85.1 Å². The van der Waals surface area contributed by atoms with Gasteiger partial charge in [-0.1, -0.05) is 279 Å². The van der Waals surface area contributed by atoms with Crippen LogP contribution in [0.5, 0.6) is 0 Å². The van der Waals surface area contributed by atoms with E-state index in [0.29, 0.717) is 12.8 Å². The largest absolute Gasteiger partial charge is 0.462 e. The van der Waals surface area contributed by atoms with E-state index in [9.17, 15) is 14.4 Å². The molecule has 0 aromatic carbocycles. The molecular weight excluding hydrogens is 877 g/mol. The Balaban J connectivity index is 4.41. The molecule has 0 spiro atoms. The monoisotopic (exact) mass is 989 g/mol. The van der Waals surface area contributed by atoms with Crippen molar-refractivity contribution in [2.75, 3.05) is 13.2 Å². The zero-order valence-corrected chi connectivity index (χ0v) is 46.7. The van der Waals surface area contributed by atoms with Crippen molar-refractivity contribution < 1.29 is 28.6 Å². The topological polar surface area (TPSA) is 78.9 Å². The Bertz CT molecular complexity index is 1370. The second-order valence-electron chi connectivity index (χ2n) is 19.9. The number of rotatable bonds is 54. The summed E-state index contributed by atoms with van der Waals surface area (Å²) in [5.41, 5.74) is 0. The highest BCUT2D eigenvalue weighted by molar-refractivity contribution is 5.72. The summed E-state index contributed by atoms with van der Waals surface area (Å²) in [4.78, 5) is 38.1. The van der Waals surface area contributed by atoms with Gasteiger partial charge in [-0.3, -0.25) is 14.4 Å². The molecule has 0 aromatic heterocycles. The van der Waals surface area contributed by atoms with Crippen molar-refractivity contribution in [2.24, 2.45) is 0 Å². The summed E-state index contributed by atoms with van der Waals surface area (Å²) in [5.74, 6) is -1.05. The van der Waals surface area contributed by atoms with Gasteiger partial charge in [0.25, 0.3) is 0 Å². The summed E-state index contributed by atoms with van der Waals surface area (Å²) in [5, 5.41) is 0. The van der Waals surface area contributed by atoms with Crippen molar-refractivity contribution in [3.05, 3.63) is 85.1 Å². The quantitative estimate of drug-likeness (QED) is 0.0261. The minimum absolute atomic E-state index is 0.110. The molecule has 6 heteroatoms. The maximum absolute atomic E-state index is 12.9. The fraction of sp³-hybridized carbons (Fsp3) is 0.738. The summed E-state index contributed by atoms with van der Waals surface area (Å²) < 4.78 is 16.8. The van der Waals surface area contributed by atoms with Gasteiger partial charge in [0, 0.05) is 12.8 Å². The molecule has 0 aromatic rings. The zero-order valence-electron chi connectivity index (χ0n) is 46.7. The van der Waals surface area contributed by atoms with E-state index >= 15 is 0 Å². The first-order chi connectivity index (χ1) is 35.0. The van der Waals surface area contributed by atoms with Gasteiger partial charge in [-0.2, -0.15) is 0 Å². The van der Waals surface area contributed by atoms with Crippen LogP contribution in [0.4, 0.5) is 0 Å². The zero-order chi connectivity index (χ0) is 51.4. The Hall–Kier alpha value is -3.41. The van der Waals surface area contributed by atoms with Crippen LogP contribution in [0.3, 0.4) is 0 Å². The molecule has 0 aliphatic heterocycles. The minimum Gasteiger partial charge on any atom is -0.462 e. The number of carbonyl (C=O) groups is 3. The fourth-order valence-corrected chi connectivity index (χ4v) is 8.43. The highest BCUT2D eigenvalue weighted by Crippen LogP contribution is 2.16. The summed E-state index contributed by atoms with van der Waals surface area (Å²) in [6.45, 7) is 6.44. The Labute approximate surface area is 439 Å². The van der Waals surface area contributed by atoms with E-state index in [1.165, 1.54) is 154 Å². The van der Waals surface area contributed by atoms with Crippen LogP contribution in [0.1, 0.15) is 290 Å². The molecule has 0 saturated heterocycles. The molecule has 0 aliphatic carbocycles. The van der Waals surface area contributed by atoms with Crippen LogP contribution in [0, 0.1) is 0 Å². The van der Waals surface area contributed by atoms with Crippen LogP contribution in [-0.4, -0.2) is 37.2 Å². The van der Waals surface area contributed by atoms with Gasteiger partial charge in [-0.05, 0) is 77.0 Å². The number of hydrogen-bond acceptors (Lipinski definition) is 6. The smallest absolute Gasteiger partial charge is 0.309 e. The highest BCUT2D eigenvalue weighted by atomic mass is 16.6. The lowest BCUT2D eigenvalue weighted by molar-refractivity contribution is -0.166. The maximum Gasteiger partial charge on any atom is 0.309 e. The van der Waals surface area contributed by atoms with Crippen LogP contribution in [0.25, 0.3) is 0 Å². The first-order valence-corrected chi connectivity index (χ1v) is 30.1. The van der Waals surface area contributed by atoms with Crippen molar-refractivity contribution in [1.29, 1.82) is 0 Å². The summed E-state index contributed by atoms with van der Waals surface area (Å²) in [6, 6.07) is 0. The molecule has 0 amide bonds. The van der Waals surface area contributed by atoms with E-state index in [0.717, 1.165) is 96.3 Å². The summed E-state index contributed by atoms with van der Waals surface area (Å²) in [6.07, 6.45) is 77.5. The molecule has 0 fully saturated rings. The molecule has 0 radical (unpaired) electrons. The minimum atomic E-state index is -0.823. The Morgan fingerprint density at radius 3 is 1.00 bits per heavy atom. The SMILES string of the molecule is CC/C=C\C/C=C\C/C=C\C/C=C\C/C=C\CC(=O)OCC(COC(=O)CCCCCCCCCCCCCCCCCCCCCCCC)OC(=O)CCCCCCC/C=C\C/C=C\CCCCCC. The Morgan fingerprint density at radius 2 is 0.606 bits per heavy atom. The molecule has 0 aliphatic rings. The van der Waals surface area contributed by atoms with Crippen molar-refractivity contribution in [2.45, 2.75) is 297 Å². The van der Waals surface area contributed by atoms with Gasteiger partial charge in [-0.15, -0.1) is 0 Å². The third-order valence-electron chi connectivity index (χ3n) is 12.9.